The number of Topliss-reactive ketones (excluding diaryl/α,β-unsaturated/α-hetero) is 2. The molecular weight excluding hydrogens is 877 g/mol. The maximum Gasteiger partial charge on any atom is 0.411 e. The normalized spacial score (nSPS) is 25.8. The Labute approximate surface area is 386 Å². The zero-order valence-corrected chi connectivity index (χ0v) is 38.1. The number of rotatable bonds is 18. The molecule has 0 unspecified atom stereocenters. The standard InChI is InChI=1S/C26H32N2O9.C21H24N2O7/c1-6-17-13-26(17,23(31)35-7-2)14-21(29)20-12-19(15-27(20)24(32)37-25(3,4)5)36-22(30)16-8-10-18(11-9-16)28(33)34;1-3-14-10-21(14,20(26)29-4-2)11-18(24)17-9-16(12-22-17)30-19(25)13-5-7-15(8-6-13)23(27)28/h6,8-11,17,19-20H,1,7,12-15H2,2-5H3;3,5-8,14,16-17,22H,1,4,9-12H2,2H3/t17-,19+,20+,26-;14-,16+,17+,21-/m11/s1. The number of nitro benzene ring substituents is 2. The number of ether oxygens (including phenoxy) is 5. The van der Waals surface area contributed by atoms with E-state index < -0.39 is 74.6 Å². The quantitative estimate of drug-likeness (QED) is 0.0587. The Morgan fingerprint density at radius 1 is 0.731 bits per heavy atom. The van der Waals surface area contributed by atoms with Gasteiger partial charge >= 0.3 is 30.0 Å². The van der Waals surface area contributed by atoms with Crippen molar-refractivity contribution in [1.82, 2.24) is 10.2 Å². The summed E-state index contributed by atoms with van der Waals surface area (Å²) >= 11 is 0. The van der Waals surface area contributed by atoms with E-state index in [1.165, 1.54) is 53.4 Å². The van der Waals surface area contributed by atoms with Crippen molar-refractivity contribution in [2.24, 2.45) is 22.7 Å². The summed E-state index contributed by atoms with van der Waals surface area (Å²) in [5, 5.41) is 24.6. The highest BCUT2D eigenvalue weighted by atomic mass is 16.6. The first-order valence-electron chi connectivity index (χ1n) is 21.9. The van der Waals surface area contributed by atoms with Crippen LogP contribution in [0.25, 0.3) is 0 Å². The van der Waals surface area contributed by atoms with E-state index in [4.69, 9.17) is 23.7 Å². The monoisotopic (exact) mass is 932 g/mol. The maximum absolute atomic E-state index is 13.5. The van der Waals surface area contributed by atoms with Crippen molar-refractivity contribution in [3.05, 3.63) is 105 Å². The first-order valence-corrected chi connectivity index (χ1v) is 21.9. The number of likely N-dealkylation sites (tertiary alicyclic amines) is 1. The summed E-state index contributed by atoms with van der Waals surface area (Å²) in [6.45, 7) is 16.6. The van der Waals surface area contributed by atoms with E-state index in [2.05, 4.69) is 18.5 Å². The number of carbonyl (C=O) groups excluding carboxylic acids is 7. The Morgan fingerprint density at radius 3 is 1.58 bits per heavy atom. The van der Waals surface area contributed by atoms with Crippen molar-refractivity contribution < 1.29 is 67.1 Å². The fourth-order valence-electron chi connectivity index (χ4n) is 8.34. The van der Waals surface area contributed by atoms with Crippen molar-refractivity contribution in [2.75, 3.05) is 26.3 Å². The summed E-state index contributed by atoms with van der Waals surface area (Å²) < 4.78 is 26.8. The van der Waals surface area contributed by atoms with E-state index in [9.17, 15) is 53.8 Å². The lowest BCUT2D eigenvalue weighted by Crippen LogP contribution is -2.44. The predicted molar refractivity (Wildman–Crippen MR) is 236 cm³/mol. The van der Waals surface area contributed by atoms with Gasteiger partial charge in [0.2, 0.25) is 0 Å². The summed E-state index contributed by atoms with van der Waals surface area (Å²) in [4.78, 5) is 111. The molecule has 1 N–H and O–H groups in total. The molecule has 4 fully saturated rings. The highest BCUT2D eigenvalue weighted by Gasteiger charge is 2.62. The van der Waals surface area contributed by atoms with Crippen LogP contribution in [-0.2, 0) is 42.9 Å². The molecule has 20 heteroatoms. The van der Waals surface area contributed by atoms with Crippen LogP contribution in [0.1, 0.15) is 93.9 Å². The van der Waals surface area contributed by atoms with Gasteiger partial charge in [0.05, 0.1) is 63.6 Å². The molecule has 0 bridgehead atoms. The molecule has 2 aromatic carbocycles. The average molecular weight is 933 g/mol. The molecule has 2 aliphatic carbocycles. The summed E-state index contributed by atoms with van der Waals surface area (Å²) in [7, 11) is 0. The number of nitrogens with zero attached hydrogens (tertiary/aromatic N) is 3. The van der Waals surface area contributed by atoms with Crippen molar-refractivity contribution in [3.63, 3.8) is 0 Å². The van der Waals surface area contributed by atoms with E-state index in [1.807, 2.05) is 0 Å². The lowest BCUT2D eigenvalue weighted by molar-refractivity contribution is -0.385. The molecule has 1 amide bonds. The van der Waals surface area contributed by atoms with E-state index in [-0.39, 0.29) is 90.9 Å². The number of ketones is 2. The molecule has 2 saturated heterocycles. The van der Waals surface area contributed by atoms with E-state index in [1.54, 1.807) is 46.8 Å². The molecule has 0 radical (unpaired) electrons. The summed E-state index contributed by atoms with van der Waals surface area (Å²) in [5.41, 5.74) is -2.66. The molecule has 2 aromatic rings. The zero-order valence-electron chi connectivity index (χ0n) is 38.1. The molecule has 6 rings (SSSR count). The summed E-state index contributed by atoms with van der Waals surface area (Å²) in [6, 6.07) is 8.56. The molecule has 67 heavy (non-hydrogen) atoms. The lowest BCUT2D eigenvalue weighted by Gasteiger charge is -2.28. The van der Waals surface area contributed by atoms with Crippen molar-refractivity contribution in [2.45, 2.75) is 103 Å². The molecule has 0 aromatic heterocycles. The minimum atomic E-state index is -1.01. The predicted octanol–water partition coefficient (Wildman–Crippen LogP) is 6.04. The smallest absolute Gasteiger partial charge is 0.411 e. The molecule has 4 aliphatic rings. The third kappa shape index (κ3) is 12.3. The highest BCUT2D eigenvalue weighted by Crippen LogP contribution is 2.58. The second kappa shape index (κ2) is 21.2. The van der Waals surface area contributed by atoms with Gasteiger partial charge in [-0.05, 0) is 83.6 Å². The Bertz CT molecular complexity index is 2270. The Balaban J connectivity index is 0.000000256. The minimum Gasteiger partial charge on any atom is -0.466 e. The molecule has 8 atom stereocenters. The molecule has 20 nitrogen and oxygen atoms in total. The molecular formula is C47H56N4O16. The Morgan fingerprint density at radius 2 is 1.18 bits per heavy atom. The van der Waals surface area contributed by atoms with Crippen LogP contribution in [0.2, 0.25) is 0 Å². The number of benzene rings is 2. The number of amides is 1. The van der Waals surface area contributed by atoms with E-state index in [0.717, 1.165) is 0 Å². The second-order valence-corrected chi connectivity index (χ2v) is 17.9. The van der Waals surface area contributed by atoms with Gasteiger partial charge < -0.3 is 29.0 Å². The van der Waals surface area contributed by atoms with Gasteiger partial charge in [0.25, 0.3) is 11.4 Å². The SMILES string of the molecule is C=C[C@@H]1C[C@]1(CC(=O)[C@@H]1C[C@H](OC(=O)c2ccc([N+](=O)[O-])cc2)CN1)C(=O)OCC.C=C[C@@H]1C[C@]1(CC(=O)[C@@H]1C[C@H](OC(=O)c2ccc([N+](=O)[O-])cc2)CN1C(=O)OC(C)(C)C)C(=O)OCC. The number of esters is 4. The molecule has 2 saturated carbocycles. The van der Waals surface area contributed by atoms with Gasteiger partial charge in [0.15, 0.2) is 11.6 Å². The van der Waals surface area contributed by atoms with Gasteiger partial charge in [-0.3, -0.25) is 44.3 Å². The lowest BCUT2D eigenvalue weighted by atomic mass is 9.92. The maximum atomic E-state index is 13.5. The van der Waals surface area contributed by atoms with Gasteiger partial charge in [-0.2, -0.15) is 0 Å². The van der Waals surface area contributed by atoms with Crippen molar-refractivity contribution in [3.8, 4) is 0 Å². The van der Waals surface area contributed by atoms with Crippen molar-refractivity contribution in [1.29, 1.82) is 0 Å². The highest BCUT2D eigenvalue weighted by molar-refractivity contribution is 5.95. The number of nitrogens with one attached hydrogen (secondary N) is 1. The van der Waals surface area contributed by atoms with Crippen LogP contribution >= 0.6 is 0 Å². The molecule has 0 spiro atoms. The zero-order chi connectivity index (χ0) is 49.4. The van der Waals surface area contributed by atoms with Gasteiger partial charge in [0.1, 0.15) is 17.8 Å². The third-order valence-electron chi connectivity index (χ3n) is 12.1. The summed E-state index contributed by atoms with van der Waals surface area (Å²) in [5.74, 6) is -2.96. The Hall–Kier alpha value is -6.83. The number of non-ortho nitro benzene ring substituents is 2. The fraction of sp³-hybridized carbons (Fsp3) is 0.511. The van der Waals surface area contributed by atoms with Crippen LogP contribution in [0, 0.1) is 42.9 Å². The van der Waals surface area contributed by atoms with Crippen LogP contribution in [0.3, 0.4) is 0 Å². The number of hydrogen-bond donors (Lipinski definition) is 1. The topological polar surface area (TPSA) is 267 Å². The molecule has 2 heterocycles. The van der Waals surface area contributed by atoms with Gasteiger partial charge in [-0.1, -0.05) is 12.2 Å². The number of nitro groups is 2. The van der Waals surface area contributed by atoms with Crippen molar-refractivity contribution >= 4 is 52.9 Å². The van der Waals surface area contributed by atoms with Gasteiger partial charge in [-0.25, -0.2) is 14.4 Å². The van der Waals surface area contributed by atoms with Crippen LogP contribution in [-0.4, -0.2) is 112 Å². The number of allylic oxidation sites excluding steroid dienone is 2. The van der Waals surface area contributed by atoms with Crippen LogP contribution in [0.5, 0.6) is 0 Å². The van der Waals surface area contributed by atoms with Crippen LogP contribution in [0.15, 0.2) is 73.8 Å². The number of hydrogen-bond acceptors (Lipinski definition) is 17. The first kappa shape index (κ1) is 51.2. The van der Waals surface area contributed by atoms with Gasteiger partial charge in [0, 0.05) is 56.5 Å². The first-order chi connectivity index (χ1) is 31.6. The second-order valence-electron chi connectivity index (χ2n) is 17.9. The Kier molecular flexibility index (Phi) is 16.2. The molecule has 360 valence electrons. The number of carbonyl (C=O) groups is 7. The largest absolute Gasteiger partial charge is 0.466 e. The van der Waals surface area contributed by atoms with Crippen LogP contribution < -0.4 is 5.32 Å². The third-order valence-corrected chi connectivity index (χ3v) is 12.1. The average Bonchev–Trinajstić information content (AvgIpc) is 4.04. The minimum absolute atomic E-state index is 0.0223. The van der Waals surface area contributed by atoms with E-state index >= 15 is 0 Å². The van der Waals surface area contributed by atoms with E-state index in [0.29, 0.717) is 25.8 Å². The van der Waals surface area contributed by atoms with Crippen LogP contribution in [0.4, 0.5) is 16.2 Å². The van der Waals surface area contributed by atoms with Gasteiger partial charge in [-0.15, -0.1) is 13.2 Å². The summed E-state index contributed by atoms with van der Waals surface area (Å²) in [6.07, 6.45) is 2.46. The fourth-order valence-corrected chi connectivity index (χ4v) is 8.34. The molecule has 2 aliphatic heterocycles.